The van der Waals surface area contributed by atoms with Crippen molar-refractivity contribution in [1.29, 1.82) is 0 Å². The molecule has 0 radical (unpaired) electrons. The summed E-state index contributed by atoms with van der Waals surface area (Å²) in [6, 6.07) is 8.22. The highest BCUT2D eigenvalue weighted by atomic mass is 35.5. The molecule has 0 aromatic heterocycles. The summed E-state index contributed by atoms with van der Waals surface area (Å²) in [5.74, 6) is 0.0114. The molecule has 2 aromatic carbocycles. The standard InChI is InChI=1S/C25H24Cl3F3N2O2/c1-14(2)22(34)33-12-24(13-33)18-4-3-17(7-15(18)10-35-24)32-6-5-23(11-32,25(29,30)31)16-8-19(26)21(28)20(27)9-16/h3-4,7-9,14H,5-6,10-13H2,1-2H3. The molecule has 35 heavy (non-hydrogen) atoms. The van der Waals surface area contributed by atoms with Gasteiger partial charge in [0.2, 0.25) is 5.91 Å². The van der Waals surface area contributed by atoms with Crippen molar-refractivity contribution in [3.63, 3.8) is 0 Å². The normalized spacial score (nSPS) is 23.2. The molecule has 5 rings (SSSR count). The van der Waals surface area contributed by atoms with Gasteiger partial charge in [-0.15, -0.1) is 0 Å². The minimum atomic E-state index is -4.51. The van der Waals surface area contributed by atoms with Crippen LogP contribution < -0.4 is 4.90 Å². The number of halogens is 6. The Labute approximate surface area is 216 Å². The third-order valence-corrected chi connectivity index (χ3v) is 8.69. The Bertz CT molecular complexity index is 1170. The zero-order valence-electron chi connectivity index (χ0n) is 19.2. The first-order chi connectivity index (χ1) is 16.4. The number of nitrogens with zero attached hydrogens (tertiary/aromatic N) is 2. The van der Waals surface area contributed by atoms with Gasteiger partial charge in [0.1, 0.15) is 11.0 Å². The molecule has 2 aromatic rings. The summed E-state index contributed by atoms with van der Waals surface area (Å²) in [6.45, 7) is 5.06. The number of hydrogen-bond donors (Lipinski definition) is 0. The zero-order chi connectivity index (χ0) is 25.3. The number of carbonyl (C=O) groups excluding carboxylic acids is 1. The molecule has 1 spiro atoms. The smallest absolute Gasteiger partial charge is 0.370 e. The molecule has 0 N–H and O–H groups in total. The van der Waals surface area contributed by atoms with E-state index in [4.69, 9.17) is 39.5 Å². The predicted octanol–water partition coefficient (Wildman–Crippen LogP) is 6.58. The Kier molecular flexibility index (Phi) is 6.03. The van der Waals surface area contributed by atoms with Gasteiger partial charge in [0.05, 0.1) is 34.8 Å². The van der Waals surface area contributed by atoms with E-state index in [-0.39, 0.29) is 52.0 Å². The fourth-order valence-electron chi connectivity index (χ4n) is 5.48. The second-order valence-corrected chi connectivity index (χ2v) is 11.2. The van der Waals surface area contributed by atoms with Gasteiger partial charge in [-0.25, -0.2) is 0 Å². The molecule has 0 aliphatic carbocycles. The van der Waals surface area contributed by atoms with Crippen molar-refractivity contribution in [3.05, 3.63) is 62.1 Å². The molecule has 1 atom stereocenters. The number of ether oxygens (including phenoxy) is 1. The van der Waals surface area contributed by atoms with Crippen LogP contribution in [-0.4, -0.2) is 43.2 Å². The largest absolute Gasteiger partial charge is 0.400 e. The van der Waals surface area contributed by atoms with E-state index >= 15 is 0 Å². The van der Waals surface area contributed by atoms with Crippen molar-refractivity contribution in [2.24, 2.45) is 5.92 Å². The Balaban J connectivity index is 1.41. The van der Waals surface area contributed by atoms with E-state index in [1.807, 2.05) is 32.0 Å². The molecule has 1 unspecified atom stereocenters. The highest BCUT2D eigenvalue weighted by Gasteiger charge is 2.59. The van der Waals surface area contributed by atoms with Gasteiger partial charge in [-0.2, -0.15) is 13.2 Å². The van der Waals surface area contributed by atoms with E-state index < -0.39 is 17.2 Å². The summed E-state index contributed by atoms with van der Waals surface area (Å²) in [5, 5.41) is 0.0462. The summed E-state index contributed by atoms with van der Waals surface area (Å²) < 4.78 is 49.6. The van der Waals surface area contributed by atoms with E-state index in [0.29, 0.717) is 25.4 Å². The molecule has 10 heteroatoms. The van der Waals surface area contributed by atoms with E-state index in [1.54, 1.807) is 9.80 Å². The number of fused-ring (bicyclic) bond motifs is 2. The lowest BCUT2D eigenvalue weighted by molar-refractivity contribution is -0.184. The Hall–Kier alpha value is -1.67. The number of benzene rings is 2. The fourth-order valence-corrected chi connectivity index (χ4v) is 6.08. The van der Waals surface area contributed by atoms with Crippen LogP contribution in [-0.2, 0) is 27.2 Å². The van der Waals surface area contributed by atoms with Crippen LogP contribution in [0.4, 0.5) is 18.9 Å². The molecule has 3 aliphatic rings. The van der Waals surface area contributed by atoms with Crippen LogP contribution in [0.3, 0.4) is 0 Å². The van der Waals surface area contributed by atoms with Crippen LogP contribution in [0.25, 0.3) is 0 Å². The van der Waals surface area contributed by atoms with Gasteiger partial charge in [-0.05, 0) is 47.4 Å². The van der Waals surface area contributed by atoms with Crippen molar-refractivity contribution in [2.75, 3.05) is 31.1 Å². The molecule has 188 valence electrons. The number of anilines is 1. The lowest BCUT2D eigenvalue weighted by atomic mass is 9.79. The average Bonchev–Trinajstić information content (AvgIpc) is 3.38. The highest BCUT2D eigenvalue weighted by molar-refractivity contribution is 6.48. The summed E-state index contributed by atoms with van der Waals surface area (Å²) >= 11 is 18.2. The molecular weight excluding hydrogens is 524 g/mol. The molecule has 0 bridgehead atoms. The number of hydrogen-bond acceptors (Lipinski definition) is 3. The van der Waals surface area contributed by atoms with Gasteiger partial charge < -0.3 is 14.5 Å². The van der Waals surface area contributed by atoms with E-state index in [9.17, 15) is 18.0 Å². The Morgan fingerprint density at radius 1 is 1.06 bits per heavy atom. The minimum absolute atomic E-state index is 0.00158. The molecule has 2 fully saturated rings. The lowest BCUT2D eigenvalue weighted by Crippen LogP contribution is -2.61. The number of amides is 1. The fraction of sp³-hybridized carbons (Fsp3) is 0.480. The molecule has 3 heterocycles. The maximum atomic E-state index is 14.5. The van der Waals surface area contributed by atoms with Gasteiger partial charge in [0, 0.05) is 24.7 Å². The van der Waals surface area contributed by atoms with Gasteiger partial charge in [0.15, 0.2) is 0 Å². The number of rotatable bonds is 3. The summed E-state index contributed by atoms with van der Waals surface area (Å²) in [5.41, 5.74) is 0.0344. The average molecular weight is 548 g/mol. The maximum absolute atomic E-state index is 14.5. The van der Waals surface area contributed by atoms with Crippen LogP contribution in [0, 0.1) is 5.92 Å². The highest BCUT2D eigenvalue weighted by Crippen LogP contribution is 2.51. The number of carbonyl (C=O) groups is 1. The lowest BCUT2D eigenvalue weighted by Gasteiger charge is -2.48. The molecule has 1 amide bonds. The van der Waals surface area contributed by atoms with Crippen LogP contribution in [0.2, 0.25) is 15.1 Å². The molecule has 2 saturated heterocycles. The van der Waals surface area contributed by atoms with E-state index in [2.05, 4.69) is 0 Å². The third-order valence-electron chi connectivity index (χ3n) is 7.50. The second kappa shape index (κ2) is 8.44. The summed E-state index contributed by atoms with van der Waals surface area (Å²) in [4.78, 5) is 15.8. The number of alkyl halides is 3. The molecule has 3 aliphatic heterocycles. The Morgan fingerprint density at radius 2 is 1.71 bits per heavy atom. The van der Waals surface area contributed by atoms with Crippen LogP contribution in [0.15, 0.2) is 30.3 Å². The van der Waals surface area contributed by atoms with E-state index in [1.165, 1.54) is 12.1 Å². The summed E-state index contributed by atoms with van der Waals surface area (Å²) in [6.07, 6.45) is -4.64. The molecule has 0 saturated carbocycles. The van der Waals surface area contributed by atoms with Gasteiger partial charge in [-0.3, -0.25) is 4.79 Å². The SMILES string of the molecule is CC(C)C(=O)N1CC2(C1)OCc1cc(N3CCC(c4cc(Cl)c(Cl)c(Cl)c4)(C(F)(F)F)C3)ccc12. The van der Waals surface area contributed by atoms with Crippen molar-refractivity contribution >= 4 is 46.4 Å². The van der Waals surface area contributed by atoms with Crippen molar-refractivity contribution < 1.29 is 22.7 Å². The monoisotopic (exact) mass is 546 g/mol. The van der Waals surface area contributed by atoms with Crippen LogP contribution in [0.5, 0.6) is 0 Å². The van der Waals surface area contributed by atoms with Gasteiger partial charge in [0.25, 0.3) is 0 Å². The predicted molar refractivity (Wildman–Crippen MR) is 130 cm³/mol. The zero-order valence-corrected chi connectivity index (χ0v) is 21.5. The van der Waals surface area contributed by atoms with Gasteiger partial charge in [-0.1, -0.05) is 54.7 Å². The first kappa shape index (κ1) is 25.0. The van der Waals surface area contributed by atoms with E-state index in [0.717, 1.165) is 11.1 Å². The maximum Gasteiger partial charge on any atom is 0.400 e. The number of likely N-dealkylation sites (tertiary alicyclic amines) is 1. The van der Waals surface area contributed by atoms with Crippen LogP contribution >= 0.6 is 34.8 Å². The first-order valence-electron chi connectivity index (χ1n) is 11.4. The second-order valence-electron chi connectivity index (χ2n) is 9.98. The van der Waals surface area contributed by atoms with Gasteiger partial charge >= 0.3 is 6.18 Å². The van der Waals surface area contributed by atoms with Crippen molar-refractivity contribution in [3.8, 4) is 0 Å². The third kappa shape index (κ3) is 3.90. The first-order valence-corrected chi connectivity index (χ1v) is 12.5. The molecule has 4 nitrogen and oxygen atoms in total. The molecular formula is C25H24Cl3F3N2O2. The Morgan fingerprint density at radius 3 is 2.31 bits per heavy atom. The van der Waals surface area contributed by atoms with Crippen molar-refractivity contribution in [1.82, 2.24) is 4.90 Å². The van der Waals surface area contributed by atoms with Crippen LogP contribution in [0.1, 0.15) is 37.0 Å². The summed E-state index contributed by atoms with van der Waals surface area (Å²) in [7, 11) is 0. The van der Waals surface area contributed by atoms with Crippen molar-refractivity contribution in [2.45, 2.75) is 44.1 Å². The minimum Gasteiger partial charge on any atom is -0.370 e. The quantitative estimate of drug-likeness (QED) is 0.407. The topological polar surface area (TPSA) is 32.8 Å².